The molecule has 1 saturated carbocycles. The van der Waals surface area contributed by atoms with E-state index in [1.165, 1.54) is 0 Å². The van der Waals surface area contributed by atoms with E-state index in [1.807, 2.05) is 40.8 Å². The van der Waals surface area contributed by atoms with Crippen LogP contribution in [0, 0.1) is 19.8 Å². The summed E-state index contributed by atoms with van der Waals surface area (Å²) in [5.74, 6) is 1.28. The van der Waals surface area contributed by atoms with Crippen molar-refractivity contribution in [3.05, 3.63) is 41.2 Å². The van der Waals surface area contributed by atoms with Gasteiger partial charge in [-0.1, -0.05) is 6.07 Å². The van der Waals surface area contributed by atoms with Crippen molar-refractivity contribution in [1.82, 2.24) is 14.7 Å². The Labute approximate surface area is 153 Å². The van der Waals surface area contributed by atoms with Crippen molar-refractivity contribution in [3.8, 4) is 11.4 Å². The molecule has 1 saturated heterocycles. The van der Waals surface area contributed by atoms with Crippen LogP contribution < -0.4 is 4.74 Å². The highest BCUT2D eigenvalue weighted by Crippen LogP contribution is 2.37. The molecule has 6 nitrogen and oxygen atoms in total. The van der Waals surface area contributed by atoms with Gasteiger partial charge in [-0.15, -0.1) is 0 Å². The molecule has 0 radical (unpaired) electrons. The molecule has 0 bridgehead atoms. The number of morpholine rings is 1. The smallest absolute Gasteiger partial charge is 0.226 e. The van der Waals surface area contributed by atoms with E-state index in [9.17, 15) is 4.79 Å². The molecular formula is C20H25N3O3. The highest BCUT2D eigenvalue weighted by molar-refractivity contribution is 5.81. The predicted octanol–water partition coefficient (Wildman–Crippen LogP) is 2.81. The van der Waals surface area contributed by atoms with Gasteiger partial charge in [0.05, 0.1) is 37.7 Å². The summed E-state index contributed by atoms with van der Waals surface area (Å²) in [6.45, 7) is 5.86. The van der Waals surface area contributed by atoms with Gasteiger partial charge in [-0.2, -0.15) is 5.10 Å². The molecule has 0 N–H and O–H groups in total. The predicted molar refractivity (Wildman–Crippen MR) is 97.6 cm³/mol. The van der Waals surface area contributed by atoms with E-state index in [1.54, 1.807) is 7.11 Å². The maximum atomic E-state index is 12.8. The Morgan fingerprint density at radius 3 is 2.85 bits per heavy atom. The third-order valence-electron chi connectivity index (χ3n) is 5.32. The first-order valence-electron chi connectivity index (χ1n) is 9.19. The topological polar surface area (TPSA) is 56.6 Å². The monoisotopic (exact) mass is 355 g/mol. The zero-order valence-corrected chi connectivity index (χ0v) is 15.6. The average Bonchev–Trinajstić information content (AvgIpc) is 3.47. The van der Waals surface area contributed by atoms with Crippen molar-refractivity contribution in [3.63, 3.8) is 0 Å². The summed E-state index contributed by atoms with van der Waals surface area (Å²) in [5.41, 5.74) is 4.03. The quantitative estimate of drug-likeness (QED) is 0.846. The number of methoxy groups -OCH3 is 1. The summed E-state index contributed by atoms with van der Waals surface area (Å²) < 4.78 is 13.0. The van der Waals surface area contributed by atoms with Crippen LogP contribution in [-0.2, 0) is 9.53 Å². The van der Waals surface area contributed by atoms with Gasteiger partial charge in [0.1, 0.15) is 5.75 Å². The lowest BCUT2D eigenvalue weighted by atomic mass is 10.0. The molecule has 138 valence electrons. The third kappa shape index (κ3) is 2.98. The average molecular weight is 355 g/mol. The lowest BCUT2D eigenvalue weighted by Gasteiger charge is -2.36. The minimum absolute atomic E-state index is 0.0591. The second kappa shape index (κ2) is 6.76. The Morgan fingerprint density at radius 2 is 2.12 bits per heavy atom. The van der Waals surface area contributed by atoms with Crippen LogP contribution in [0.25, 0.3) is 5.69 Å². The molecule has 1 aromatic heterocycles. The lowest BCUT2D eigenvalue weighted by Crippen LogP contribution is -2.44. The number of benzene rings is 1. The van der Waals surface area contributed by atoms with E-state index >= 15 is 0 Å². The van der Waals surface area contributed by atoms with Gasteiger partial charge in [0.15, 0.2) is 0 Å². The number of carbonyl (C=O) groups excluding carboxylic acids is 1. The van der Waals surface area contributed by atoms with Gasteiger partial charge in [0.2, 0.25) is 5.91 Å². The number of aromatic nitrogens is 2. The molecule has 1 unspecified atom stereocenters. The Balaban J connectivity index is 1.71. The third-order valence-corrected chi connectivity index (χ3v) is 5.32. The molecule has 2 aliphatic rings. The van der Waals surface area contributed by atoms with Gasteiger partial charge in [-0.05, 0) is 38.8 Å². The Bertz CT molecular complexity index is 826. The molecule has 2 heterocycles. The summed E-state index contributed by atoms with van der Waals surface area (Å²) in [4.78, 5) is 14.8. The molecule has 1 aliphatic heterocycles. The zero-order valence-electron chi connectivity index (χ0n) is 15.6. The summed E-state index contributed by atoms with van der Waals surface area (Å²) in [5, 5.41) is 4.75. The van der Waals surface area contributed by atoms with Crippen molar-refractivity contribution in [1.29, 1.82) is 0 Å². The van der Waals surface area contributed by atoms with Gasteiger partial charge in [0.25, 0.3) is 0 Å². The van der Waals surface area contributed by atoms with Crippen LogP contribution in [0.15, 0.2) is 24.3 Å². The van der Waals surface area contributed by atoms with Crippen LogP contribution in [0.5, 0.6) is 5.75 Å². The molecule has 2 fully saturated rings. The Kier molecular flexibility index (Phi) is 4.44. The van der Waals surface area contributed by atoms with Crippen molar-refractivity contribution < 1.29 is 14.3 Å². The first kappa shape index (κ1) is 17.1. The van der Waals surface area contributed by atoms with Crippen LogP contribution in [0.1, 0.15) is 35.8 Å². The fraction of sp³-hybridized carbons (Fsp3) is 0.500. The molecule has 6 heteroatoms. The van der Waals surface area contributed by atoms with E-state index in [0.717, 1.165) is 41.2 Å². The summed E-state index contributed by atoms with van der Waals surface area (Å²) in [6, 6.07) is 7.79. The fourth-order valence-corrected chi connectivity index (χ4v) is 3.80. The normalized spacial score (nSPS) is 20.3. The minimum atomic E-state index is -0.0591. The number of rotatable bonds is 4. The maximum absolute atomic E-state index is 12.8. The Hall–Kier alpha value is -2.34. The van der Waals surface area contributed by atoms with Crippen LogP contribution in [0.4, 0.5) is 0 Å². The van der Waals surface area contributed by atoms with Gasteiger partial charge in [-0.3, -0.25) is 4.79 Å². The van der Waals surface area contributed by atoms with Crippen molar-refractivity contribution >= 4 is 5.91 Å². The number of carbonyl (C=O) groups is 1. The van der Waals surface area contributed by atoms with Crippen molar-refractivity contribution in [2.24, 2.45) is 5.92 Å². The molecule has 1 aromatic carbocycles. The summed E-state index contributed by atoms with van der Waals surface area (Å²) in [7, 11) is 1.66. The van der Waals surface area contributed by atoms with E-state index < -0.39 is 0 Å². The van der Waals surface area contributed by atoms with Crippen LogP contribution in [-0.4, -0.2) is 47.5 Å². The van der Waals surface area contributed by atoms with Gasteiger partial charge < -0.3 is 14.4 Å². The first-order valence-corrected chi connectivity index (χ1v) is 9.19. The van der Waals surface area contributed by atoms with Gasteiger partial charge in [-0.25, -0.2) is 4.68 Å². The second-order valence-corrected chi connectivity index (χ2v) is 7.09. The summed E-state index contributed by atoms with van der Waals surface area (Å²) in [6.07, 6.45) is 2.04. The van der Waals surface area contributed by atoms with E-state index in [0.29, 0.717) is 19.8 Å². The Morgan fingerprint density at radius 1 is 1.31 bits per heavy atom. The zero-order chi connectivity index (χ0) is 18.3. The standard InChI is InChI=1S/C20H25N3O3/c1-13-19(18-12-26-10-9-22(18)20(24)15-7-8-15)14(2)23(21-13)16-5-4-6-17(11-16)25-3/h4-6,11,15,18H,7-10,12H2,1-3H3. The van der Waals surface area contributed by atoms with Crippen LogP contribution in [0.3, 0.4) is 0 Å². The van der Waals surface area contributed by atoms with E-state index in [-0.39, 0.29) is 17.9 Å². The number of hydrogen-bond donors (Lipinski definition) is 0. The van der Waals surface area contributed by atoms with Crippen molar-refractivity contribution in [2.75, 3.05) is 26.9 Å². The van der Waals surface area contributed by atoms with Crippen LogP contribution >= 0.6 is 0 Å². The lowest BCUT2D eigenvalue weighted by molar-refractivity contribution is -0.141. The molecule has 1 aliphatic carbocycles. The largest absolute Gasteiger partial charge is 0.497 e. The molecular weight excluding hydrogens is 330 g/mol. The number of nitrogens with zero attached hydrogens (tertiary/aromatic N) is 3. The number of amides is 1. The van der Waals surface area contributed by atoms with Crippen molar-refractivity contribution in [2.45, 2.75) is 32.7 Å². The number of hydrogen-bond acceptors (Lipinski definition) is 4. The van der Waals surface area contributed by atoms with Crippen LogP contribution in [0.2, 0.25) is 0 Å². The molecule has 1 amide bonds. The highest BCUT2D eigenvalue weighted by atomic mass is 16.5. The SMILES string of the molecule is COc1cccc(-n2nc(C)c(C3COCCN3C(=O)C3CC3)c2C)c1. The fourth-order valence-electron chi connectivity index (χ4n) is 3.80. The molecule has 0 spiro atoms. The first-order chi connectivity index (χ1) is 12.6. The van der Waals surface area contributed by atoms with Gasteiger partial charge >= 0.3 is 0 Å². The van der Waals surface area contributed by atoms with E-state index in [4.69, 9.17) is 14.6 Å². The van der Waals surface area contributed by atoms with Gasteiger partial charge in [0, 0.05) is 29.8 Å². The molecule has 2 aromatic rings. The summed E-state index contributed by atoms with van der Waals surface area (Å²) >= 11 is 0. The molecule has 4 rings (SSSR count). The molecule has 1 atom stereocenters. The highest BCUT2D eigenvalue weighted by Gasteiger charge is 2.39. The number of ether oxygens (including phenoxy) is 2. The van der Waals surface area contributed by atoms with E-state index in [2.05, 4.69) is 6.92 Å². The second-order valence-electron chi connectivity index (χ2n) is 7.09. The molecule has 26 heavy (non-hydrogen) atoms. The minimum Gasteiger partial charge on any atom is -0.497 e. The maximum Gasteiger partial charge on any atom is 0.226 e. The number of aryl methyl sites for hydroxylation is 1.